The van der Waals surface area contributed by atoms with Crippen molar-refractivity contribution in [1.82, 2.24) is 0 Å². The Morgan fingerprint density at radius 1 is 1.45 bits per heavy atom. The number of hydrogen-bond donors (Lipinski definition) is 0. The first-order valence-corrected chi connectivity index (χ1v) is 7.97. The van der Waals surface area contributed by atoms with Gasteiger partial charge in [-0.15, -0.1) is 11.3 Å². The van der Waals surface area contributed by atoms with Crippen LogP contribution in [0.5, 0.6) is 5.75 Å². The van der Waals surface area contributed by atoms with Crippen LogP contribution < -0.4 is 4.74 Å². The molecule has 0 saturated carbocycles. The summed E-state index contributed by atoms with van der Waals surface area (Å²) in [5, 5.41) is 1.91. The van der Waals surface area contributed by atoms with Crippen LogP contribution in [-0.2, 0) is 0 Å². The lowest BCUT2D eigenvalue weighted by molar-refractivity contribution is 0.0977. The van der Waals surface area contributed by atoms with Crippen LogP contribution in [0.15, 0.2) is 34.1 Å². The van der Waals surface area contributed by atoms with Gasteiger partial charge >= 0.3 is 0 Å². The smallest absolute Gasteiger partial charge is 0.172 e. The fraction of sp³-hybridized carbons (Fsp3) is 0.214. The highest BCUT2D eigenvalue weighted by atomic mass is 79.9. The average molecular weight is 378 g/mol. The number of ether oxygens (including phenoxy) is 1. The predicted octanol–water partition coefficient (Wildman–Crippen LogP) is 5.35. The molecule has 0 aliphatic rings. The average Bonchev–Trinajstić information content (AvgIpc) is 2.94. The number of benzene rings is 1. The first kappa shape index (κ1) is 15.5. The topological polar surface area (TPSA) is 26.3 Å². The fourth-order valence-corrected chi connectivity index (χ4v) is 3.04. The summed E-state index contributed by atoms with van der Waals surface area (Å²) >= 11 is 10.3. The number of rotatable bonds is 6. The standard InChI is InChI=1S/C14H11BrClFO2S/c15-9-7-10(16)11(17)8-13(9)19-5-1-3-12(18)14-4-2-6-20-14/h2,4,6-8H,1,3,5H2. The molecule has 0 saturated heterocycles. The van der Waals surface area contributed by atoms with Crippen LogP contribution in [0.1, 0.15) is 22.5 Å². The van der Waals surface area contributed by atoms with E-state index in [1.165, 1.54) is 23.5 Å². The summed E-state index contributed by atoms with van der Waals surface area (Å²) in [4.78, 5) is 12.5. The van der Waals surface area contributed by atoms with Gasteiger partial charge in [-0.2, -0.15) is 0 Å². The van der Waals surface area contributed by atoms with Gasteiger partial charge in [-0.3, -0.25) is 4.79 Å². The third kappa shape index (κ3) is 4.04. The second-order valence-electron chi connectivity index (χ2n) is 4.05. The van der Waals surface area contributed by atoms with E-state index in [-0.39, 0.29) is 10.8 Å². The van der Waals surface area contributed by atoms with E-state index in [9.17, 15) is 9.18 Å². The summed E-state index contributed by atoms with van der Waals surface area (Å²) < 4.78 is 19.3. The lowest BCUT2D eigenvalue weighted by Crippen LogP contribution is -2.03. The van der Waals surface area contributed by atoms with E-state index in [0.717, 1.165) is 4.88 Å². The van der Waals surface area contributed by atoms with E-state index in [2.05, 4.69) is 15.9 Å². The summed E-state index contributed by atoms with van der Waals surface area (Å²) in [7, 11) is 0. The first-order valence-electron chi connectivity index (χ1n) is 5.92. The van der Waals surface area contributed by atoms with E-state index in [1.54, 1.807) is 6.07 Å². The van der Waals surface area contributed by atoms with Crippen LogP contribution in [0.4, 0.5) is 4.39 Å². The molecule has 2 rings (SSSR count). The van der Waals surface area contributed by atoms with Crippen molar-refractivity contribution >= 4 is 44.7 Å². The molecule has 1 aromatic carbocycles. The maximum Gasteiger partial charge on any atom is 0.172 e. The molecule has 0 radical (unpaired) electrons. The minimum atomic E-state index is -0.528. The molecule has 0 fully saturated rings. The minimum Gasteiger partial charge on any atom is -0.492 e. The van der Waals surface area contributed by atoms with Gasteiger partial charge in [-0.1, -0.05) is 17.7 Å². The third-order valence-corrected chi connectivity index (χ3v) is 4.40. The second-order valence-corrected chi connectivity index (χ2v) is 6.26. The van der Waals surface area contributed by atoms with Crippen molar-refractivity contribution in [3.05, 3.63) is 49.8 Å². The van der Waals surface area contributed by atoms with E-state index in [4.69, 9.17) is 16.3 Å². The van der Waals surface area contributed by atoms with Crippen LogP contribution in [0.25, 0.3) is 0 Å². The monoisotopic (exact) mass is 376 g/mol. The Hall–Kier alpha value is -0.910. The number of carbonyl (C=O) groups excluding carboxylic acids is 1. The Labute approximate surface area is 133 Å². The molecular weight excluding hydrogens is 367 g/mol. The van der Waals surface area contributed by atoms with Gasteiger partial charge in [0.2, 0.25) is 0 Å². The van der Waals surface area contributed by atoms with Gasteiger partial charge < -0.3 is 4.74 Å². The molecule has 106 valence electrons. The highest BCUT2D eigenvalue weighted by molar-refractivity contribution is 9.10. The van der Waals surface area contributed by atoms with Crippen molar-refractivity contribution in [2.45, 2.75) is 12.8 Å². The highest BCUT2D eigenvalue weighted by Crippen LogP contribution is 2.30. The van der Waals surface area contributed by atoms with Crippen LogP contribution in [0, 0.1) is 5.82 Å². The normalized spacial score (nSPS) is 10.6. The number of halogens is 3. The molecule has 0 atom stereocenters. The summed E-state index contributed by atoms with van der Waals surface area (Å²) in [6, 6.07) is 6.33. The largest absolute Gasteiger partial charge is 0.492 e. The van der Waals surface area contributed by atoms with E-state index in [1.807, 2.05) is 11.4 Å². The molecule has 20 heavy (non-hydrogen) atoms. The number of carbonyl (C=O) groups is 1. The van der Waals surface area contributed by atoms with Crippen molar-refractivity contribution in [3.8, 4) is 5.75 Å². The maximum absolute atomic E-state index is 13.3. The number of hydrogen-bond acceptors (Lipinski definition) is 3. The van der Waals surface area contributed by atoms with Crippen molar-refractivity contribution in [2.24, 2.45) is 0 Å². The van der Waals surface area contributed by atoms with E-state index >= 15 is 0 Å². The molecule has 2 nitrogen and oxygen atoms in total. The molecule has 0 aliphatic carbocycles. The SMILES string of the molecule is O=C(CCCOc1cc(F)c(Cl)cc1Br)c1cccs1. The van der Waals surface area contributed by atoms with Gasteiger partial charge in [-0.25, -0.2) is 4.39 Å². The molecule has 6 heteroatoms. The zero-order valence-electron chi connectivity index (χ0n) is 10.4. The molecule has 0 aliphatic heterocycles. The Bertz CT molecular complexity index is 601. The quantitative estimate of drug-likeness (QED) is 0.385. The molecule has 1 heterocycles. The number of ketones is 1. The van der Waals surface area contributed by atoms with Gasteiger partial charge in [0.15, 0.2) is 5.78 Å². The highest BCUT2D eigenvalue weighted by Gasteiger charge is 2.09. The number of thiophene rings is 1. The Balaban J connectivity index is 1.82. The summed E-state index contributed by atoms with van der Waals surface area (Å²) in [6.45, 7) is 0.344. The zero-order valence-corrected chi connectivity index (χ0v) is 13.5. The third-order valence-electron chi connectivity index (χ3n) is 2.58. The maximum atomic E-state index is 13.3. The predicted molar refractivity (Wildman–Crippen MR) is 82.5 cm³/mol. The van der Waals surface area contributed by atoms with E-state index < -0.39 is 5.82 Å². The summed E-state index contributed by atoms with van der Waals surface area (Å²) in [5.74, 6) is -0.0417. The first-order chi connectivity index (χ1) is 9.58. The van der Waals surface area contributed by atoms with Crippen LogP contribution >= 0.6 is 38.9 Å². The van der Waals surface area contributed by atoms with E-state index in [0.29, 0.717) is 29.7 Å². The van der Waals surface area contributed by atoms with Gasteiger partial charge in [0.25, 0.3) is 0 Å². The van der Waals surface area contributed by atoms with Gasteiger partial charge in [0.1, 0.15) is 11.6 Å². The Kier molecular flexibility index (Phi) is 5.57. The van der Waals surface area contributed by atoms with Crippen molar-refractivity contribution < 1.29 is 13.9 Å². The molecule has 0 spiro atoms. The van der Waals surface area contributed by atoms with Crippen LogP contribution in [0.3, 0.4) is 0 Å². The lowest BCUT2D eigenvalue weighted by atomic mass is 10.2. The van der Waals surface area contributed by atoms with Gasteiger partial charge in [0.05, 0.1) is 21.0 Å². The summed E-state index contributed by atoms with van der Waals surface area (Å²) in [6.07, 6.45) is 0.988. The van der Waals surface area contributed by atoms with Crippen LogP contribution in [0.2, 0.25) is 5.02 Å². The minimum absolute atomic E-state index is 0.0390. The lowest BCUT2D eigenvalue weighted by Gasteiger charge is -2.08. The second kappa shape index (κ2) is 7.20. The number of Topliss-reactive ketones (excluding diaryl/α,β-unsaturated/α-hetero) is 1. The molecule has 0 N–H and O–H groups in total. The van der Waals surface area contributed by atoms with Crippen molar-refractivity contribution in [1.29, 1.82) is 0 Å². The molecule has 0 bridgehead atoms. The van der Waals surface area contributed by atoms with Gasteiger partial charge in [0, 0.05) is 12.5 Å². The molecule has 0 unspecified atom stereocenters. The Morgan fingerprint density at radius 2 is 2.25 bits per heavy atom. The van der Waals surface area contributed by atoms with Gasteiger partial charge in [-0.05, 0) is 39.9 Å². The van der Waals surface area contributed by atoms with Crippen molar-refractivity contribution in [3.63, 3.8) is 0 Å². The van der Waals surface area contributed by atoms with Crippen molar-refractivity contribution in [2.75, 3.05) is 6.61 Å². The summed E-state index contributed by atoms with van der Waals surface area (Å²) in [5.41, 5.74) is 0. The zero-order chi connectivity index (χ0) is 14.5. The Morgan fingerprint density at radius 3 is 2.95 bits per heavy atom. The molecule has 0 amide bonds. The molecule has 2 aromatic rings. The fourth-order valence-electron chi connectivity index (χ4n) is 1.59. The molecular formula is C14H11BrClFO2S. The van der Waals surface area contributed by atoms with Crippen LogP contribution in [-0.4, -0.2) is 12.4 Å². The molecule has 1 aromatic heterocycles.